The predicted molar refractivity (Wildman–Crippen MR) is 87.3 cm³/mol. The first kappa shape index (κ1) is 15.6. The summed E-state index contributed by atoms with van der Waals surface area (Å²) < 4.78 is 0. The zero-order valence-corrected chi connectivity index (χ0v) is 13.4. The second-order valence-corrected chi connectivity index (χ2v) is 6.73. The van der Waals surface area contributed by atoms with Crippen molar-refractivity contribution < 1.29 is 9.72 Å². The zero-order chi connectivity index (χ0) is 16.6. The van der Waals surface area contributed by atoms with E-state index in [2.05, 4.69) is 10.5 Å². The van der Waals surface area contributed by atoms with Gasteiger partial charge in [-0.1, -0.05) is 6.42 Å². The highest BCUT2D eigenvalue weighted by Crippen LogP contribution is 2.48. The number of hydrogen-bond donors (Lipinski definition) is 1. The number of nitrogens with one attached hydrogen (secondary N) is 1. The van der Waals surface area contributed by atoms with Gasteiger partial charge in [0, 0.05) is 28.8 Å². The van der Waals surface area contributed by atoms with Crippen molar-refractivity contribution in [1.29, 1.82) is 0 Å². The van der Waals surface area contributed by atoms with E-state index < -0.39 is 4.92 Å². The lowest BCUT2D eigenvalue weighted by Gasteiger charge is -2.21. The molecule has 2 bridgehead atoms. The number of benzene rings is 1. The van der Waals surface area contributed by atoms with E-state index in [4.69, 9.17) is 0 Å². The molecule has 2 aliphatic rings. The number of fused-ring (bicyclic) bond motifs is 2. The molecule has 0 radical (unpaired) electrons. The summed E-state index contributed by atoms with van der Waals surface area (Å²) in [7, 11) is 0. The second-order valence-electron chi connectivity index (χ2n) is 6.73. The maximum absolute atomic E-state index is 12.2. The number of hydrazone groups is 1. The van der Waals surface area contributed by atoms with Gasteiger partial charge < -0.3 is 0 Å². The molecule has 1 aromatic rings. The van der Waals surface area contributed by atoms with Gasteiger partial charge in [0.2, 0.25) is 0 Å². The first-order chi connectivity index (χ1) is 11.0. The van der Waals surface area contributed by atoms with Gasteiger partial charge in [0.25, 0.3) is 11.6 Å². The van der Waals surface area contributed by atoms with Crippen LogP contribution in [0.2, 0.25) is 0 Å². The Balaban J connectivity index is 1.66. The summed E-state index contributed by atoms with van der Waals surface area (Å²) in [6.45, 7) is 3.60. The van der Waals surface area contributed by atoms with Crippen LogP contribution < -0.4 is 5.43 Å². The molecular formula is C17H21N3O3. The second kappa shape index (κ2) is 6.10. The molecule has 0 heterocycles. The van der Waals surface area contributed by atoms with Crippen LogP contribution in [0.15, 0.2) is 23.3 Å². The van der Waals surface area contributed by atoms with Gasteiger partial charge >= 0.3 is 0 Å². The summed E-state index contributed by atoms with van der Waals surface area (Å²) in [5, 5.41) is 15.1. The van der Waals surface area contributed by atoms with Crippen molar-refractivity contribution in [1.82, 2.24) is 5.43 Å². The van der Waals surface area contributed by atoms with Crippen LogP contribution in [0.5, 0.6) is 0 Å². The lowest BCUT2D eigenvalue weighted by atomic mass is 9.86. The highest BCUT2D eigenvalue weighted by atomic mass is 16.6. The molecule has 2 aliphatic carbocycles. The van der Waals surface area contributed by atoms with E-state index in [0.717, 1.165) is 17.5 Å². The highest BCUT2D eigenvalue weighted by molar-refractivity contribution is 5.96. The van der Waals surface area contributed by atoms with Gasteiger partial charge in [-0.05, 0) is 57.1 Å². The molecule has 23 heavy (non-hydrogen) atoms. The minimum absolute atomic E-state index is 0.0169. The van der Waals surface area contributed by atoms with Gasteiger partial charge in [-0.3, -0.25) is 14.9 Å². The van der Waals surface area contributed by atoms with Gasteiger partial charge in [-0.2, -0.15) is 5.10 Å². The van der Waals surface area contributed by atoms with E-state index in [1.807, 2.05) is 6.92 Å². The Morgan fingerprint density at radius 2 is 2.13 bits per heavy atom. The van der Waals surface area contributed by atoms with Crippen LogP contribution in [0.3, 0.4) is 0 Å². The van der Waals surface area contributed by atoms with Crippen LogP contribution in [0.1, 0.15) is 48.5 Å². The van der Waals surface area contributed by atoms with Crippen molar-refractivity contribution in [2.75, 3.05) is 0 Å². The summed E-state index contributed by atoms with van der Waals surface area (Å²) in [6, 6.07) is 4.34. The van der Waals surface area contributed by atoms with E-state index in [1.165, 1.54) is 43.9 Å². The van der Waals surface area contributed by atoms with Crippen molar-refractivity contribution >= 4 is 17.3 Å². The molecule has 0 unspecified atom stereocenters. The average Bonchev–Trinajstić information content (AvgIpc) is 3.14. The SMILES string of the molecule is C/C(=N/NC(=O)c1ccc([N+](=O)[O-])c(C)c1)[C@@H]1C[C@H]2CC[C@H]1C2. The summed E-state index contributed by atoms with van der Waals surface area (Å²) >= 11 is 0. The smallest absolute Gasteiger partial charge is 0.267 e. The fourth-order valence-corrected chi connectivity index (χ4v) is 4.04. The minimum atomic E-state index is -0.450. The minimum Gasteiger partial charge on any atom is -0.267 e. The predicted octanol–water partition coefficient (Wildman–Crippen LogP) is 3.45. The molecule has 122 valence electrons. The van der Waals surface area contributed by atoms with Crippen LogP contribution >= 0.6 is 0 Å². The molecule has 6 nitrogen and oxygen atoms in total. The van der Waals surface area contributed by atoms with Gasteiger partial charge in [-0.15, -0.1) is 0 Å². The molecule has 1 aromatic carbocycles. The average molecular weight is 315 g/mol. The normalized spacial score (nSPS) is 26.3. The Kier molecular flexibility index (Phi) is 4.15. The first-order valence-corrected chi connectivity index (χ1v) is 8.05. The van der Waals surface area contributed by atoms with Crippen LogP contribution in [-0.4, -0.2) is 16.5 Å². The first-order valence-electron chi connectivity index (χ1n) is 8.05. The van der Waals surface area contributed by atoms with Crippen LogP contribution in [0.4, 0.5) is 5.69 Å². The largest absolute Gasteiger partial charge is 0.272 e. The lowest BCUT2D eigenvalue weighted by molar-refractivity contribution is -0.385. The zero-order valence-electron chi connectivity index (χ0n) is 13.4. The fraction of sp³-hybridized carbons (Fsp3) is 0.529. The van der Waals surface area contributed by atoms with Gasteiger partial charge in [-0.25, -0.2) is 5.43 Å². The number of hydrogen-bond acceptors (Lipinski definition) is 4. The van der Waals surface area contributed by atoms with Gasteiger partial charge in [0.05, 0.1) is 4.92 Å². The molecule has 0 saturated heterocycles. The third kappa shape index (κ3) is 3.11. The van der Waals surface area contributed by atoms with Crippen molar-refractivity contribution in [2.45, 2.75) is 39.5 Å². The summed E-state index contributed by atoms with van der Waals surface area (Å²) in [6.07, 6.45) is 5.10. The molecule has 0 spiro atoms. The Labute approximate surface area is 135 Å². The van der Waals surface area contributed by atoms with Crippen molar-refractivity contribution in [3.05, 3.63) is 39.4 Å². The maximum atomic E-state index is 12.2. The maximum Gasteiger partial charge on any atom is 0.272 e. The quantitative estimate of drug-likeness (QED) is 0.524. The van der Waals surface area contributed by atoms with Crippen LogP contribution in [0, 0.1) is 34.8 Å². The Hall–Kier alpha value is -2.24. The van der Waals surface area contributed by atoms with Crippen molar-refractivity contribution in [3.8, 4) is 0 Å². The number of nitrogens with zero attached hydrogens (tertiary/aromatic N) is 2. The van der Waals surface area contributed by atoms with Crippen LogP contribution in [-0.2, 0) is 0 Å². The monoisotopic (exact) mass is 315 g/mol. The van der Waals surface area contributed by atoms with Gasteiger partial charge in [0.15, 0.2) is 0 Å². The number of nitro benzene ring substituents is 1. The third-order valence-electron chi connectivity index (χ3n) is 5.26. The molecule has 2 fully saturated rings. The number of carbonyl (C=O) groups excluding carboxylic acids is 1. The Morgan fingerprint density at radius 1 is 1.35 bits per heavy atom. The van der Waals surface area contributed by atoms with E-state index in [0.29, 0.717) is 17.0 Å². The number of rotatable bonds is 4. The van der Waals surface area contributed by atoms with Crippen LogP contribution in [0.25, 0.3) is 0 Å². The summed E-state index contributed by atoms with van der Waals surface area (Å²) in [5.41, 5.74) is 4.45. The molecular weight excluding hydrogens is 294 g/mol. The molecule has 1 amide bonds. The molecule has 3 rings (SSSR count). The molecule has 6 heteroatoms. The molecule has 0 aromatic heterocycles. The summed E-state index contributed by atoms with van der Waals surface area (Å²) in [4.78, 5) is 22.5. The molecule has 1 N–H and O–H groups in total. The molecule has 2 saturated carbocycles. The third-order valence-corrected chi connectivity index (χ3v) is 5.26. The lowest BCUT2D eigenvalue weighted by Crippen LogP contribution is -2.24. The fourth-order valence-electron chi connectivity index (χ4n) is 4.04. The number of nitro groups is 1. The Morgan fingerprint density at radius 3 is 2.70 bits per heavy atom. The molecule has 0 aliphatic heterocycles. The number of amides is 1. The van der Waals surface area contributed by atoms with Crippen molar-refractivity contribution in [2.24, 2.45) is 22.9 Å². The topological polar surface area (TPSA) is 84.6 Å². The van der Waals surface area contributed by atoms with E-state index in [1.54, 1.807) is 6.92 Å². The van der Waals surface area contributed by atoms with E-state index >= 15 is 0 Å². The van der Waals surface area contributed by atoms with Crippen molar-refractivity contribution in [3.63, 3.8) is 0 Å². The number of carbonyl (C=O) groups is 1. The molecule has 3 atom stereocenters. The highest BCUT2D eigenvalue weighted by Gasteiger charge is 2.40. The summed E-state index contributed by atoms with van der Waals surface area (Å²) in [5.74, 6) is 1.73. The number of aryl methyl sites for hydroxylation is 1. The van der Waals surface area contributed by atoms with E-state index in [9.17, 15) is 14.9 Å². The Bertz CT molecular complexity index is 684. The standard InChI is InChI=1S/C17H21N3O3/c1-10-7-14(5-6-16(10)20(22)23)17(21)19-18-11(2)15-9-12-3-4-13(15)8-12/h5-7,12-13,15H,3-4,8-9H2,1-2H3,(H,19,21)/b18-11-/t12-,13-,15-/m0/s1. The van der Waals surface area contributed by atoms with Gasteiger partial charge in [0.1, 0.15) is 0 Å². The van der Waals surface area contributed by atoms with E-state index in [-0.39, 0.29) is 11.6 Å².